The largest absolute Gasteiger partial charge is 0.497 e. The summed E-state index contributed by atoms with van der Waals surface area (Å²) in [4.78, 5) is 28.4. The normalized spacial score (nSPS) is 15.1. The number of aryl methyl sites for hydroxylation is 1. The molecule has 5 rings (SSSR count). The van der Waals surface area contributed by atoms with Gasteiger partial charge < -0.3 is 29.9 Å². The number of hydrogen-bond acceptors (Lipinski definition) is 5. The molecule has 1 aromatic heterocycles. The molecule has 2 atom stereocenters. The van der Waals surface area contributed by atoms with Gasteiger partial charge in [0, 0.05) is 48.7 Å². The van der Waals surface area contributed by atoms with Crippen LogP contribution < -0.4 is 20.3 Å². The van der Waals surface area contributed by atoms with E-state index in [2.05, 4.69) is 36.0 Å². The van der Waals surface area contributed by atoms with E-state index in [-0.39, 0.29) is 18.4 Å². The van der Waals surface area contributed by atoms with Crippen LogP contribution in [0.1, 0.15) is 55.1 Å². The van der Waals surface area contributed by atoms with Crippen molar-refractivity contribution in [2.45, 2.75) is 64.3 Å². The molecule has 1 fully saturated rings. The number of carbonyl (C=O) groups excluding carboxylic acids is 2. The number of aromatic nitrogens is 1. The van der Waals surface area contributed by atoms with Crippen molar-refractivity contribution >= 4 is 28.4 Å². The van der Waals surface area contributed by atoms with Gasteiger partial charge in [0.15, 0.2) is 0 Å². The third kappa shape index (κ3) is 6.76. The highest BCUT2D eigenvalue weighted by atomic mass is 16.5. The summed E-state index contributed by atoms with van der Waals surface area (Å²) in [7, 11) is 1.64. The van der Waals surface area contributed by atoms with E-state index < -0.39 is 17.7 Å². The smallest absolute Gasteiger partial charge is 0.251 e. The van der Waals surface area contributed by atoms with Crippen LogP contribution in [0.3, 0.4) is 0 Å². The van der Waals surface area contributed by atoms with Gasteiger partial charge in [-0.1, -0.05) is 42.5 Å². The quantitative estimate of drug-likeness (QED) is 0.218. The lowest BCUT2D eigenvalue weighted by Crippen LogP contribution is -2.51. The number of aliphatic hydroxyl groups is 1. The average molecular weight is 583 g/mol. The van der Waals surface area contributed by atoms with Crippen LogP contribution in [-0.4, -0.2) is 53.8 Å². The summed E-state index contributed by atoms with van der Waals surface area (Å²) < 4.78 is 7.48. The van der Waals surface area contributed by atoms with Crippen molar-refractivity contribution in [3.63, 3.8) is 0 Å². The highest BCUT2D eigenvalue weighted by Crippen LogP contribution is 2.33. The molecule has 0 unspecified atom stereocenters. The molecular formula is C35H42N4O4. The van der Waals surface area contributed by atoms with Crippen molar-refractivity contribution in [2.75, 3.05) is 25.1 Å². The molecule has 3 N–H and O–H groups in total. The Morgan fingerprint density at radius 1 is 1.07 bits per heavy atom. The SMILES string of the molecule is CCn1ccc2c(N3CCCC3=O)cc(C(=O)N[C@@H](Cc3ccccc3)[C@@H](O)CNC(C)(C)c3cccc(OC)c3)cc21. The van der Waals surface area contributed by atoms with Gasteiger partial charge in [-0.2, -0.15) is 0 Å². The highest BCUT2D eigenvalue weighted by Gasteiger charge is 2.29. The monoisotopic (exact) mass is 582 g/mol. The molecule has 8 nitrogen and oxygen atoms in total. The zero-order chi connectivity index (χ0) is 30.6. The molecule has 1 saturated heterocycles. The Hall–Kier alpha value is -4.14. The summed E-state index contributed by atoms with van der Waals surface area (Å²) in [5.41, 5.74) is 3.72. The van der Waals surface area contributed by atoms with Crippen molar-refractivity contribution in [2.24, 2.45) is 0 Å². The highest BCUT2D eigenvalue weighted by molar-refractivity contribution is 6.08. The predicted octanol–water partition coefficient (Wildman–Crippen LogP) is 5.02. The van der Waals surface area contributed by atoms with E-state index in [1.54, 1.807) is 12.0 Å². The van der Waals surface area contributed by atoms with Gasteiger partial charge in [-0.25, -0.2) is 0 Å². The molecule has 3 aromatic carbocycles. The minimum absolute atomic E-state index is 0.0743. The van der Waals surface area contributed by atoms with Gasteiger partial charge >= 0.3 is 0 Å². The van der Waals surface area contributed by atoms with E-state index in [1.165, 1.54) is 0 Å². The molecule has 1 aliphatic rings. The maximum Gasteiger partial charge on any atom is 0.251 e. The van der Waals surface area contributed by atoms with E-state index in [9.17, 15) is 14.7 Å². The fraction of sp³-hybridized carbons (Fsp3) is 0.371. The summed E-state index contributed by atoms with van der Waals surface area (Å²) in [5, 5.41) is 19.1. The third-order valence-corrected chi connectivity index (χ3v) is 8.46. The first kappa shape index (κ1) is 30.3. The minimum Gasteiger partial charge on any atom is -0.497 e. The molecule has 1 aliphatic heterocycles. The number of aliphatic hydroxyl groups excluding tert-OH is 1. The van der Waals surface area contributed by atoms with Gasteiger partial charge in [-0.05, 0) is 75.1 Å². The van der Waals surface area contributed by atoms with Crippen molar-refractivity contribution in [1.82, 2.24) is 15.2 Å². The Morgan fingerprint density at radius 2 is 1.86 bits per heavy atom. The Bertz CT molecular complexity index is 1580. The van der Waals surface area contributed by atoms with Crippen LogP contribution in [0.2, 0.25) is 0 Å². The lowest BCUT2D eigenvalue weighted by molar-refractivity contribution is -0.117. The van der Waals surface area contributed by atoms with Gasteiger partial charge in [0.05, 0.1) is 30.5 Å². The van der Waals surface area contributed by atoms with Crippen molar-refractivity contribution in [1.29, 1.82) is 0 Å². The first-order valence-corrected chi connectivity index (χ1v) is 15.1. The molecule has 226 valence electrons. The second-order valence-corrected chi connectivity index (χ2v) is 11.8. The molecule has 0 saturated carbocycles. The fourth-order valence-electron chi connectivity index (χ4n) is 5.83. The molecule has 0 aliphatic carbocycles. The van der Waals surface area contributed by atoms with Crippen LogP contribution in [0.25, 0.3) is 10.9 Å². The summed E-state index contributed by atoms with van der Waals surface area (Å²) in [5.74, 6) is 0.555. The Morgan fingerprint density at radius 3 is 2.56 bits per heavy atom. The van der Waals surface area contributed by atoms with Gasteiger partial charge in [0.1, 0.15) is 5.75 Å². The number of carbonyl (C=O) groups is 2. The number of rotatable bonds is 12. The lowest BCUT2D eigenvalue weighted by atomic mass is 9.93. The number of benzene rings is 3. The van der Waals surface area contributed by atoms with E-state index >= 15 is 0 Å². The van der Waals surface area contributed by atoms with Crippen molar-refractivity contribution in [3.05, 3.63) is 95.7 Å². The number of anilines is 1. The Kier molecular flexibility index (Phi) is 9.18. The molecule has 0 spiro atoms. The molecule has 0 bridgehead atoms. The zero-order valence-electron chi connectivity index (χ0n) is 25.5. The van der Waals surface area contributed by atoms with Gasteiger partial charge in [-0.3, -0.25) is 9.59 Å². The molecule has 43 heavy (non-hydrogen) atoms. The average Bonchev–Trinajstić information content (AvgIpc) is 3.65. The molecular weight excluding hydrogens is 540 g/mol. The maximum absolute atomic E-state index is 13.9. The molecule has 4 aromatic rings. The van der Waals surface area contributed by atoms with Gasteiger partial charge in [0.25, 0.3) is 5.91 Å². The standard InChI is InChI=1S/C35H42N4O4/c1-5-38-18-16-28-30(38)20-25(21-31(28)39-17-10-15-33(39)41)34(42)37-29(19-24-11-7-6-8-12-24)32(40)23-36-35(2,3)26-13-9-14-27(22-26)43-4/h6-9,11-14,16,18,20-22,29,32,36,40H,5,10,15,17,19,23H2,1-4H3,(H,37,42)/t29-,32-/m0/s1. The van der Waals surface area contributed by atoms with Crippen LogP contribution in [-0.2, 0) is 23.3 Å². The summed E-state index contributed by atoms with van der Waals surface area (Å²) in [6, 6.07) is 22.9. The topological polar surface area (TPSA) is 95.8 Å². The maximum atomic E-state index is 13.9. The minimum atomic E-state index is -0.878. The Balaban J connectivity index is 1.40. The van der Waals surface area contributed by atoms with Gasteiger partial charge in [0.2, 0.25) is 5.91 Å². The number of nitrogens with zero attached hydrogens (tertiary/aromatic N) is 2. The molecule has 2 heterocycles. The molecule has 0 radical (unpaired) electrons. The number of amides is 2. The zero-order valence-corrected chi connectivity index (χ0v) is 25.5. The third-order valence-electron chi connectivity index (χ3n) is 8.46. The van der Waals surface area contributed by atoms with Crippen LogP contribution in [0.5, 0.6) is 5.75 Å². The summed E-state index contributed by atoms with van der Waals surface area (Å²) in [6.45, 7) is 7.80. The fourth-order valence-corrected chi connectivity index (χ4v) is 5.83. The van der Waals surface area contributed by atoms with Crippen molar-refractivity contribution in [3.8, 4) is 5.75 Å². The van der Waals surface area contributed by atoms with Crippen LogP contribution >= 0.6 is 0 Å². The number of methoxy groups -OCH3 is 1. The van der Waals surface area contributed by atoms with Crippen molar-refractivity contribution < 1.29 is 19.4 Å². The number of hydrogen-bond donors (Lipinski definition) is 3. The molecule has 2 amide bonds. The van der Waals surface area contributed by atoms with Crippen LogP contribution in [0.4, 0.5) is 5.69 Å². The predicted molar refractivity (Wildman–Crippen MR) is 171 cm³/mol. The second kappa shape index (κ2) is 13.0. The summed E-state index contributed by atoms with van der Waals surface area (Å²) >= 11 is 0. The first-order valence-electron chi connectivity index (χ1n) is 15.1. The van der Waals surface area contributed by atoms with Gasteiger partial charge in [-0.15, -0.1) is 0 Å². The van der Waals surface area contributed by atoms with Crippen LogP contribution in [0, 0.1) is 0 Å². The first-order chi connectivity index (χ1) is 20.7. The van der Waals surface area contributed by atoms with E-state index in [0.717, 1.165) is 46.4 Å². The summed E-state index contributed by atoms with van der Waals surface area (Å²) in [6.07, 6.45) is 2.89. The van der Waals surface area contributed by atoms with Crippen LogP contribution in [0.15, 0.2) is 79.0 Å². The number of ether oxygens (including phenoxy) is 1. The second-order valence-electron chi connectivity index (χ2n) is 11.8. The Labute approximate surface area is 253 Å². The van der Waals surface area contributed by atoms with E-state index in [4.69, 9.17) is 4.74 Å². The van der Waals surface area contributed by atoms with E-state index in [1.807, 2.05) is 79.0 Å². The number of fused-ring (bicyclic) bond motifs is 1. The molecule has 8 heteroatoms. The lowest BCUT2D eigenvalue weighted by Gasteiger charge is -2.31. The van der Waals surface area contributed by atoms with E-state index in [0.29, 0.717) is 24.9 Å². The number of nitrogens with one attached hydrogen (secondary N) is 2.